The standard InChI is InChI=1S/C19H19N3O3S/c1-13(2)22-26(24,25)17-9-7-14(8-10-17)19(23)21-16-11-15-5-3-4-6-18(15)20-12-16/h3-13,22H,1-2H3,(H,21,23). The summed E-state index contributed by atoms with van der Waals surface area (Å²) in [4.78, 5) is 16.8. The van der Waals surface area contributed by atoms with Crippen LogP contribution in [-0.4, -0.2) is 25.4 Å². The number of para-hydroxylation sites is 1. The SMILES string of the molecule is CC(C)NS(=O)(=O)c1ccc(C(=O)Nc2cnc3ccccc3c2)cc1. The Morgan fingerprint density at radius 2 is 1.73 bits per heavy atom. The lowest BCUT2D eigenvalue weighted by molar-refractivity contribution is 0.102. The van der Waals surface area contributed by atoms with Gasteiger partial charge in [-0.15, -0.1) is 0 Å². The summed E-state index contributed by atoms with van der Waals surface area (Å²) in [6.07, 6.45) is 1.59. The highest BCUT2D eigenvalue weighted by molar-refractivity contribution is 7.89. The fraction of sp³-hybridized carbons (Fsp3) is 0.158. The van der Waals surface area contributed by atoms with E-state index in [0.717, 1.165) is 10.9 Å². The molecule has 0 aliphatic heterocycles. The largest absolute Gasteiger partial charge is 0.321 e. The number of nitrogens with one attached hydrogen (secondary N) is 2. The molecule has 1 amide bonds. The number of amides is 1. The molecule has 0 radical (unpaired) electrons. The predicted octanol–water partition coefficient (Wildman–Crippen LogP) is 3.17. The molecule has 1 aromatic heterocycles. The van der Waals surface area contributed by atoms with E-state index in [1.165, 1.54) is 24.3 Å². The Hall–Kier alpha value is -2.77. The number of carbonyl (C=O) groups excluding carboxylic acids is 1. The second-order valence-electron chi connectivity index (χ2n) is 6.17. The van der Waals surface area contributed by atoms with E-state index >= 15 is 0 Å². The first-order chi connectivity index (χ1) is 12.3. The third-order valence-corrected chi connectivity index (χ3v) is 5.34. The molecule has 0 spiro atoms. The summed E-state index contributed by atoms with van der Waals surface area (Å²) < 4.78 is 26.7. The number of benzene rings is 2. The lowest BCUT2D eigenvalue weighted by Crippen LogP contribution is -2.30. The van der Waals surface area contributed by atoms with Crippen molar-refractivity contribution in [2.45, 2.75) is 24.8 Å². The monoisotopic (exact) mass is 369 g/mol. The summed E-state index contributed by atoms with van der Waals surface area (Å²) in [5.74, 6) is -0.331. The molecule has 26 heavy (non-hydrogen) atoms. The van der Waals surface area contributed by atoms with Crippen LogP contribution in [0.3, 0.4) is 0 Å². The first-order valence-corrected chi connectivity index (χ1v) is 9.62. The number of anilines is 1. The Morgan fingerprint density at radius 3 is 2.42 bits per heavy atom. The average molecular weight is 369 g/mol. The highest BCUT2D eigenvalue weighted by Gasteiger charge is 2.16. The molecule has 3 rings (SSSR count). The Bertz CT molecular complexity index is 1050. The van der Waals surface area contributed by atoms with Gasteiger partial charge in [0.15, 0.2) is 0 Å². The van der Waals surface area contributed by atoms with Crippen LogP contribution in [0.1, 0.15) is 24.2 Å². The molecule has 0 unspecified atom stereocenters. The van der Waals surface area contributed by atoms with Crippen molar-refractivity contribution in [3.8, 4) is 0 Å². The van der Waals surface area contributed by atoms with Crippen molar-refractivity contribution in [1.82, 2.24) is 9.71 Å². The molecule has 2 N–H and O–H groups in total. The number of sulfonamides is 1. The molecule has 2 aromatic carbocycles. The molecule has 0 aliphatic rings. The summed E-state index contributed by atoms with van der Waals surface area (Å²) in [6.45, 7) is 3.49. The average Bonchev–Trinajstić information content (AvgIpc) is 2.60. The van der Waals surface area contributed by atoms with Crippen LogP contribution < -0.4 is 10.0 Å². The third kappa shape index (κ3) is 4.07. The summed E-state index contributed by atoms with van der Waals surface area (Å²) in [5, 5.41) is 3.70. The topological polar surface area (TPSA) is 88.2 Å². The van der Waals surface area contributed by atoms with E-state index in [-0.39, 0.29) is 16.8 Å². The van der Waals surface area contributed by atoms with Crippen LogP contribution in [0.5, 0.6) is 0 Å². The van der Waals surface area contributed by atoms with Crippen molar-refractivity contribution in [2.24, 2.45) is 0 Å². The molecule has 0 bridgehead atoms. The molecule has 0 saturated carbocycles. The number of fused-ring (bicyclic) bond motifs is 1. The number of hydrogen-bond donors (Lipinski definition) is 2. The number of carbonyl (C=O) groups is 1. The number of aromatic nitrogens is 1. The van der Waals surface area contributed by atoms with E-state index in [4.69, 9.17) is 0 Å². The fourth-order valence-electron chi connectivity index (χ4n) is 2.51. The van der Waals surface area contributed by atoms with Crippen LogP contribution in [0, 0.1) is 0 Å². The smallest absolute Gasteiger partial charge is 0.255 e. The first-order valence-electron chi connectivity index (χ1n) is 8.14. The van der Waals surface area contributed by atoms with E-state index in [1.807, 2.05) is 30.3 Å². The van der Waals surface area contributed by atoms with Crippen molar-refractivity contribution in [3.05, 3.63) is 66.4 Å². The van der Waals surface area contributed by atoms with E-state index in [1.54, 1.807) is 20.0 Å². The van der Waals surface area contributed by atoms with Crippen LogP contribution in [0.15, 0.2) is 65.7 Å². The molecule has 0 fully saturated rings. The van der Waals surface area contributed by atoms with Gasteiger partial charge in [-0.25, -0.2) is 13.1 Å². The molecular formula is C19H19N3O3S. The van der Waals surface area contributed by atoms with Gasteiger partial charge in [0.1, 0.15) is 0 Å². The summed E-state index contributed by atoms with van der Waals surface area (Å²) in [6, 6.07) is 15.0. The molecular weight excluding hydrogens is 350 g/mol. The van der Waals surface area contributed by atoms with Gasteiger partial charge in [0.2, 0.25) is 10.0 Å². The normalized spacial score (nSPS) is 11.7. The second-order valence-corrected chi connectivity index (χ2v) is 7.89. The first kappa shape index (κ1) is 18.0. The number of pyridine rings is 1. The van der Waals surface area contributed by atoms with Gasteiger partial charge in [0.05, 0.1) is 22.3 Å². The van der Waals surface area contributed by atoms with Crippen LogP contribution >= 0.6 is 0 Å². The van der Waals surface area contributed by atoms with Gasteiger partial charge in [-0.1, -0.05) is 18.2 Å². The van der Waals surface area contributed by atoms with Gasteiger partial charge < -0.3 is 5.32 Å². The van der Waals surface area contributed by atoms with Gasteiger partial charge in [-0.2, -0.15) is 0 Å². The zero-order chi connectivity index (χ0) is 18.7. The maximum absolute atomic E-state index is 12.4. The van der Waals surface area contributed by atoms with E-state index in [0.29, 0.717) is 11.3 Å². The van der Waals surface area contributed by atoms with Crippen molar-refractivity contribution in [2.75, 3.05) is 5.32 Å². The van der Waals surface area contributed by atoms with Crippen LogP contribution in [0.25, 0.3) is 10.9 Å². The maximum Gasteiger partial charge on any atom is 0.255 e. The molecule has 0 saturated heterocycles. The van der Waals surface area contributed by atoms with E-state index < -0.39 is 10.0 Å². The zero-order valence-corrected chi connectivity index (χ0v) is 15.2. The maximum atomic E-state index is 12.4. The minimum absolute atomic E-state index is 0.120. The number of hydrogen-bond acceptors (Lipinski definition) is 4. The third-order valence-electron chi connectivity index (χ3n) is 3.67. The minimum Gasteiger partial charge on any atom is -0.321 e. The second kappa shape index (κ2) is 7.23. The van der Waals surface area contributed by atoms with Crippen molar-refractivity contribution in [1.29, 1.82) is 0 Å². The molecule has 0 atom stereocenters. The molecule has 1 heterocycles. The number of nitrogens with zero attached hydrogens (tertiary/aromatic N) is 1. The minimum atomic E-state index is -3.58. The van der Waals surface area contributed by atoms with Gasteiger partial charge in [0, 0.05) is 17.0 Å². The van der Waals surface area contributed by atoms with Gasteiger partial charge in [0.25, 0.3) is 5.91 Å². The van der Waals surface area contributed by atoms with Crippen LogP contribution in [0.2, 0.25) is 0 Å². The molecule has 0 aliphatic carbocycles. The van der Waals surface area contributed by atoms with E-state index in [2.05, 4.69) is 15.0 Å². The van der Waals surface area contributed by atoms with Crippen LogP contribution in [-0.2, 0) is 10.0 Å². The molecule has 6 nitrogen and oxygen atoms in total. The Labute approximate surface area is 152 Å². The highest BCUT2D eigenvalue weighted by Crippen LogP contribution is 2.17. The molecule has 134 valence electrons. The quantitative estimate of drug-likeness (QED) is 0.723. The van der Waals surface area contributed by atoms with E-state index in [9.17, 15) is 13.2 Å². The highest BCUT2D eigenvalue weighted by atomic mass is 32.2. The van der Waals surface area contributed by atoms with Crippen LogP contribution in [0.4, 0.5) is 5.69 Å². The number of rotatable bonds is 5. The van der Waals surface area contributed by atoms with Gasteiger partial charge in [-0.05, 0) is 50.2 Å². The van der Waals surface area contributed by atoms with Crippen molar-refractivity contribution in [3.63, 3.8) is 0 Å². The van der Waals surface area contributed by atoms with Gasteiger partial charge in [-0.3, -0.25) is 9.78 Å². The summed E-state index contributed by atoms with van der Waals surface area (Å²) in [7, 11) is -3.58. The summed E-state index contributed by atoms with van der Waals surface area (Å²) >= 11 is 0. The predicted molar refractivity (Wildman–Crippen MR) is 102 cm³/mol. The molecule has 7 heteroatoms. The fourth-order valence-corrected chi connectivity index (χ4v) is 3.76. The zero-order valence-electron chi connectivity index (χ0n) is 14.4. The van der Waals surface area contributed by atoms with Crippen molar-refractivity contribution < 1.29 is 13.2 Å². The lowest BCUT2D eigenvalue weighted by atomic mass is 10.2. The Kier molecular flexibility index (Phi) is 5.01. The summed E-state index contributed by atoms with van der Waals surface area (Å²) in [5.41, 5.74) is 1.78. The lowest BCUT2D eigenvalue weighted by Gasteiger charge is -2.10. The Balaban J connectivity index is 1.77. The molecule has 3 aromatic rings. The Morgan fingerprint density at radius 1 is 1.04 bits per heavy atom. The van der Waals surface area contributed by atoms with Gasteiger partial charge >= 0.3 is 0 Å². The van der Waals surface area contributed by atoms with Crippen molar-refractivity contribution >= 4 is 32.5 Å².